The van der Waals surface area contributed by atoms with E-state index in [1.807, 2.05) is 19.9 Å². The molecule has 1 atom stereocenters. The molecule has 66 valence electrons. The van der Waals surface area contributed by atoms with E-state index >= 15 is 0 Å². The average Bonchev–Trinajstić information content (AvgIpc) is 2.28. The Balaban J connectivity index is 3.02. The second-order valence-corrected chi connectivity index (χ2v) is 4.20. The first-order valence-corrected chi connectivity index (χ1v) is 4.45. The van der Waals surface area contributed by atoms with Crippen LogP contribution in [0.1, 0.15) is 21.4 Å². The van der Waals surface area contributed by atoms with Gasteiger partial charge in [-0.15, -0.1) is 11.3 Å². The fourth-order valence-electron chi connectivity index (χ4n) is 1.12. The lowest BCUT2D eigenvalue weighted by molar-refractivity contribution is -0.443. The molecule has 1 aromatic rings. The summed E-state index contributed by atoms with van der Waals surface area (Å²) in [6, 6.07) is 1.11. The number of rotatable bonds is 2. The SMILES string of the molecule is Cc1cc([C@H]([NH3+])C(=O)[O-])c(C)s1. The number of carboxylic acids is 1. The zero-order valence-corrected chi connectivity index (χ0v) is 7.90. The maximum Gasteiger partial charge on any atom is 0.151 e. The Kier molecular flexibility index (Phi) is 2.49. The summed E-state index contributed by atoms with van der Waals surface area (Å²) in [5.41, 5.74) is 4.30. The summed E-state index contributed by atoms with van der Waals surface area (Å²) in [5, 5.41) is 10.5. The maximum absolute atomic E-state index is 10.5. The van der Waals surface area contributed by atoms with Crippen molar-refractivity contribution in [3.8, 4) is 0 Å². The number of quaternary nitrogens is 1. The molecule has 0 spiro atoms. The van der Waals surface area contributed by atoms with Gasteiger partial charge in [0, 0.05) is 15.3 Å². The zero-order valence-electron chi connectivity index (χ0n) is 7.09. The highest BCUT2D eigenvalue weighted by molar-refractivity contribution is 7.12. The van der Waals surface area contributed by atoms with Crippen LogP contribution in [0.4, 0.5) is 0 Å². The van der Waals surface area contributed by atoms with Gasteiger partial charge in [0.05, 0.1) is 0 Å². The van der Waals surface area contributed by atoms with E-state index in [2.05, 4.69) is 5.73 Å². The molecule has 0 saturated carbocycles. The van der Waals surface area contributed by atoms with Crippen LogP contribution < -0.4 is 10.8 Å². The lowest BCUT2D eigenvalue weighted by atomic mass is 10.1. The molecule has 1 aromatic heterocycles. The number of carboxylic acid groups (broad SMARTS) is 1. The molecule has 4 heteroatoms. The zero-order chi connectivity index (χ0) is 9.30. The van der Waals surface area contributed by atoms with Gasteiger partial charge >= 0.3 is 0 Å². The highest BCUT2D eigenvalue weighted by Gasteiger charge is 2.15. The molecule has 12 heavy (non-hydrogen) atoms. The van der Waals surface area contributed by atoms with Crippen LogP contribution in [0.15, 0.2) is 6.07 Å². The van der Waals surface area contributed by atoms with Crippen LogP contribution in [-0.2, 0) is 4.79 Å². The molecule has 0 aliphatic rings. The molecular weight excluding hydrogens is 174 g/mol. The molecule has 0 aromatic carbocycles. The number of hydrogen-bond donors (Lipinski definition) is 1. The van der Waals surface area contributed by atoms with E-state index in [4.69, 9.17) is 0 Å². The van der Waals surface area contributed by atoms with Gasteiger partial charge in [-0.25, -0.2) is 0 Å². The monoisotopic (exact) mass is 185 g/mol. The Morgan fingerprint density at radius 2 is 2.25 bits per heavy atom. The van der Waals surface area contributed by atoms with Crippen LogP contribution in [-0.4, -0.2) is 5.97 Å². The standard InChI is InChI=1S/C8H11NO2S/c1-4-3-6(5(2)12-4)7(9)8(10)11/h3,7H,9H2,1-2H3,(H,10,11)/t7-/m0/s1. The molecule has 0 bridgehead atoms. The van der Waals surface area contributed by atoms with Crippen molar-refractivity contribution in [1.29, 1.82) is 0 Å². The van der Waals surface area contributed by atoms with Crippen LogP contribution in [0.2, 0.25) is 0 Å². The molecule has 1 heterocycles. The van der Waals surface area contributed by atoms with E-state index in [1.165, 1.54) is 0 Å². The molecule has 1 rings (SSSR count). The van der Waals surface area contributed by atoms with E-state index in [1.54, 1.807) is 11.3 Å². The van der Waals surface area contributed by atoms with Crippen molar-refractivity contribution in [2.45, 2.75) is 19.9 Å². The Bertz CT molecular complexity index is 306. The summed E-state index contributed by atoms with van der Waals surface area (Å²) in [4.78, 5) is 12.6. The Labute approximate surface area is 74.8 Å². The van der Waals surface area contributed by atoms with E-state index in [0.29, 0.717) is 0 Å². The molecular formula is C8H11NO2S. The third-order valence-corrected chi connectivity index (χ3v) is 2.72. The molecule has 0 aliphatic carbocycles. The van der Waals surface area contributed by atoms with Crippen LogP contribution in [0, 0.1) is 13.8 Å². The molecule has 0 aliphatic heterocycles. The molecule has 0 radical (unpaired) electrons. The summed E-state index contributed by atoms with van der Waals surface area (Å²) >= 11 is 1.58. The van der Waals surface area contributed by atoms with Crippen LogP contribution in [0.5, 0.6) is 0 Å². The third kappa shape index (κ3) is 1.65. The van der Waals surface area contributed by atoms with Crippen molar-refractivity contribution >= 4 is 17.3 Å². The van der Waals surface area contributed by atoms with Gasteiger partial charge < -0.3 is 15.6 Å². The van der Waals surface area contributed by atoms with Gasteiger partial charge in [-0.05, 0) is 19.9 Å². The number of thiophene rings is 1. The number of carbonyl (C=O) groups excluding carboxylic acids is 1. The second kappa shape index (κ2) is 3.25. The fourth-order valence-corrected chi connectivity index (χ4v) is 2.11. The van der Waals surface area contributed by atoms with Crippen molar-refractivity contribution in [3.05, 3.63) is 21.4 Å². The minimum absolute atomic E-state index is 0.741. The van der Waals surface area contributed by atoms with Gasteiger partial charge in [-0.1, -0.05) is 0 Å². The van der Waals surface area contributed by atoms with Crippen LogP contribution in [0.3, 0.4) is 0 Å². The van der Waals surface area contributed by atoms with Gasteiger partial charge in [-0.3, -0.25) is 0 Å². The first-order chi connectivity index (χ1) is 5.52. The van der Waals surface area contributed by atoms with Gasteiger partial charge in [0.2, 0.25) is 0 Å². The van der Waals surface area contributed by atoms with Gasteiger partial charge in [0.1, 0.15) is 5.97 Å². The lowest BCUT2D eigenvalue weighted by Gasteiger charge is -2.07. The highest BCUT2D eigenvalue weighted by atomic mass is 32.1. The molecule has 0 saturated heterocycles. The maximum atomic E-state index is 10.5. The van der Waals surface area contributed by atoms with Crippen molar-refractivity contribution in [1.82, 2.24) is 0 Å². The predicted molar refractivity (Wildman–Crippen MR) is 44.4 cm³/mol. The number of hydrogen-bond acceptors (Lipinski definition) is 3. The molecule has 0 fully saturated rings. The van der Waals surface area contributed by atoms with Crippen molar-refractivity contribution in [3.63, 3.8) is 0 Å². The molecule has 3 nitrogen and oxygen atoms in total. The number of carbonyl (C=O) groups is 1. The Morgan fingerprint density at radius 1 is 1.67 bits per heavy atom. The lowest BCUT2D eigenvalue weighted by Crippen LogP contribution is -2.61. The van der Waals surface area contributed by atoms with Crippen molar-refractivity contribution < 1.29 is 15.6 Å². The van der Waals surface area contributed by atoms with Gasteiger partial charge in [0.25, 0.3) is 0 Å². The van der Waals surface area contributed by atoms with Crippen molar-refractivity contribution in [2.24, 2.45) is 0 Å². The molecule has 0 amide bonds. The predicted octanol–water partition coefficient (Wildman–Crippen LogP) is -0.602. The first-order valence-electron chi connectivity index (χ1n) is 3.63. The van der Waals surface area contributed by atoms with Gasteiger partial charge in [-0.2, -0.15) is 0 Å². The number of aliphatic carboxylic acids is 1. The summed E-state index contributed by atoms with van der Waals surface area (Å²) in [6.07, 6.45) is 0. The largest absolute Gasteiger partial charge is 0.544 e. The normalized spacial score (nSPS) is 12.9. The topological polar surface area (TPSA) is 67.8 Å². The van der Waals surface area contributed by atoms with Gasteiger partial charge in [0.15, 0.2) is 6.04 Å². The Morgan fingerprint density at radius 3 is 2.58 bits per heavy atom. The van der Waals surface area contributed by atoms with E-state index in [0.717, 1.165) is 15.3 Å². The average molecular weight is 185 g/mol. The first kappa shape index (κ1) is 9.22. The summed E-state index contributed by atoms with van der Waals surface area (Å²) in [5.74, 6) is -1.11. The molecule has 0 unspecified atom stereocenters. The summed E-state index contributed by atoms with van der Waals surface area (Å²) in [7, 11) is 0. The summed E-state index contributed by atoms with van der Waals surface area (Å²) in [6.45, 7) is 3.84. The number of aryl methyl sites for hydroxylation is 2. The minimum atomic E-state index is -1.11. The van der Waals surface area contributed by atoms with Crippen LogP contribution >= 0.6 is 11.3 Å². The van der Waals surface area contributed by atoms with Crippen LogP contribution in [0.25, 0.3) is 0 Å². The van der Waals surface area contributed by atoms with E-state index < -0.39 is 12.0 Å². The van der Waals surface area contributed by atoms with Crippen molar-refractivity contribution in [2.75, 3.05) is 0 Å². The van der Waals surface area contributed by atoms with E-state index in [9.17, 15) is 9.90 Å². The summed E-state index contributed by atoms with van der Waals surface area (Å²) < 4.78 is 0. The van der Waals surface area contributed by atoms with E-state index in [-0.39, 0.29) is 0 Å². The molecule has 3 N–H and O–H groups in total. The second-order valence-electron chi connectivity index (χ2n) is 2.74. The quantitative estimate of drug-likeness (QED) is 0.668. The fraction of sp³-hybridized carbons (Fsp3) is 0.375. The highest BCUT2D eigenvalue weighted by Crippen LogP contribution is 2.23. The third-order valence-electron chi connectivity index (χ3n) is 1.74. The Hall–Kier alpha value is -0.870. The smallest absolute Gasteiger partial charge is 0.151 e. The minimum Gasteiger partial charge on any atom is -0.544 e.